The van der Waals surface area contributed by atoms with Crippen LogP contribution in [0.1, 0.15) is 76.9 Å². The third-order valence-electron chi connectivity index (χ3n) is 5.65. The molecule has 1 amide bonds. The average molecular weight is 370 g/mol. The molecule has 1 N–H and O–H groups in total. The lowest BCUT2D eigenvalue weighted by Gasteiger charge is -2.18. The van der Waals surface area contributed by atoms with Crippen LogP contribution in [0.3, 0.4) is 0 Å². The molecule has 146 valence electrons. The van der Waals surface area contributed by atoms with Crippen molar-refractivity contribution in [2.75, 3.05) is 0 Å². The molecule has 1 aliphatic carbocycles. The molecule has 1 aliphatic rings. The number of hydrogen-bond acceptors (Lipinski definition) is 3. The SMILES string of the molecule is CCCC(CCC)C(=O)NCc1nn(C2CCCC2)c(=O)c2ccccc12. The van der Waals surface area contributed by atoms with Crippen LogP contribution in [0.2, 0.25) is 0 Å². The summed E-state index contributed by atoms with van der Waals surface area (Å²) < 4.78 is 1.67. The van der Waals surface area contributed by atoms with Gasteiger partial charge in [-0.3, -0.25) is 9.59 Å². The lowest BCUT2D eigenvalue weighted by Crippen LogP contribution is -2.33. The number of hydrogen-bond donors (Lipinski definition) is 1. The third kappa shape index (κ3) is 4.40. The van der Waals surface area contributed by atoms with Gasteiger partial charge in [-0.25, -0.2) is 4.68 Å². The molecule has 1 aromatic heterocycles. The van der Waals surface area contributed by atoms with Crippen LogP contribution in [-0.2, 0) is 11.3 Å². The number of benzene rings is 1. The number of nitrogens with one attached hydrogen (secondary N) is 1. The summed E-state index contributed by atoms with van der Waals surface area (Å²) >= 11 is 0. The molecule has 1 fully saturated rings. The van der Waals surface area contributed by atoms with Gasteiger partial charge in [0.15, 0.2) is 0 Å². The first-order valence-electron chi connectivity index (χ1n) is 10.4. The van der Waals surface area contributed by atoms with Gasteiger partial charge in [-0.2, -0.15) is 5.10 Å². The summed E-state index contributed by atoms with van der Waals surface area (Å²) in [4.78, 5) is 25.5. The Kier molecular flexibility index (Phi) is 6.64. The number of carbonyl (C=O) groups excluding carboxylic acids is 1. The maximum Gasteiger partial charge on any atom is 0.274 e. The molecule has 0 aliphatic heterocycles. The van der Waals surface area contributed by atoms with Gasteiger partial charge in [0.25, 0.3) is 5.56 Å². The van der Waals surface area contributed by atoms with Crippen LogP contribution in [0.4, 0.5) is 0 Å². The van der Waals surface area contributed by atoms with E-state index in [1.165, 1.54) is 0 Å². The Labute approximate surface area is 161 Å². The van der Waals surface area contributed by atoms with Crippen molar-refractivity contribution in [1.29, 1.82) is 0 Å². The minimum absolute atomic E-state index is 0.0116. The van der Waals surface area contributed by atoms with E-state index in [0.717, 1.165) is 62.4 Å². The topological polar surface area (TPSA) is 64.0 Å². The van der Waals surface area contributed by atoms with Crippen LogP contribution < -0.4 is 10.9 Å². The van der Waals surface area contributed by atoms with Gasteiger partial charge >= 0.3 is 0 Å². The van der Waals surface area contributed by atoms with Crippen LogP contribution in [0.15, 0.2) is 29.1 Å². The summed E-state index contributed by atoms with van der Waals surface area (Å²) in [7, 11) is 0. The summed E-state index contributed by atoms with van der Waals surface area (Å²) in [5.74, 6) is 0.162. The van der Waals surface area contributed by atoms with E-state index in [1.54, 1.807) is 4.68 Å². The second-order valence-electron chi connectivity index (χ2n) is 7.67. The zero-order chi connectivity index (χ0) is 19.2. The number of nitrogens with zero attached hydrogens (tertiary/aromatic N) is 2. The van der Waals surface area contributed by atoms with E-state index < -0.39 is 0 Å². The zero-order valence-electron chi connectivity index (χ0n) is 16.5. The van der Waals surface area contributed by atoms with Crippen LogP contribution in [0.25, 0.3) is 10.8 Å². The normalized spacial score (nSPS) is 14.9. The smallest absolute Gasteiger partial charge is 0.274 e. The minimum atomic E-state index is -0.0116. The van der Waals surface area contributed by atoms with Gasteiger partial charge in [-0.05, 0) is 31.7 Å². The standard InChI is InChI=1S/C22H31N3O2/c1-3-9-16(10-4-2)21(26)23-15-20-18-13-7-8-14-19(18)22(27)25(24-20)17-11-5-6-12-17/h7-8,13-14,16-17H,3-6,9-12,15H2,1-2H3,(H,23,26). The van der Waals surface area contributed by atoms with Crippen LogP contribution >= 0.6 is 0 Å². The molecular weight excluding hydrogens is 338 g/mol. The molecule has 0 unspecified atom stereocenters. The van der Waals surface area contributed by atoms with Crippen molar-refractivity contribution in [1.82, 2.24) is 15.1 Å². The number of fused-ring (bicyclic) bond motifs is 1. The van der Waals surface area contributed by atoms with Crippen molar-refractivity contribution in [2.45, 2.75) is 77.8 Å². The Morgan fingerprint density at radius 1 is 1.15 bits per heavy atom. The van der Waals surface area contributed by atoms with E-state index in [0.29, 0.717) is 11.9 Å². The molecule has 0 bridgehead atoms. The quantitative estimate of drug-likeness (QED) is 0.752. The Hall–Kier alpha value is -2.17. The van der Waals surface area contributed by atoms with Gasteiger partial charge in [0.2, 0.25) is 5.91 Å². The molecule has 2 aromatic rings. The molecule has 5 heteroatoms. The molecule has 3 rings (SSSR count). The lowest BCUT2D eigenvalue weighted by atomic mass is 9.97. The number of carbonyl (C=O) groups is 1. The highest BCUT2D eigenvalue weighted by molar-refractivity contribution is 5.84. The van der Waals surface area contributed by atoms with Gasteiger partial charge in [-0.15, -0.1) is 0 Å². The predicted molar refractivity (Wildman–Crippen MR) is 109 cm³/mol. The monoisotopic (exact) mass is 369 g/mol. The van der Waals surface area contributed by atoms with Gasteiger partial charge in [0.1, 0.15) is 0 Å². The van der Waals surface area contributed by atoms with Crippen molar-refractivity contribution >= 4 is 16.7 Å². The summed E-state index contributed by atoms with van der Waals surface area (Å²) in [5.41, 5.74) is 0.777. The van der Waals surface area contributed by atoms with Crippen molar-refractivity contribution < 1.29 is 4.79 Å². The van der Waals surface area contributed by atoms with E-state index in [1.807, 2.05) is 24.3 Å². The largest absolute Gasteiger partial charge is 0.350 e. The Bertz CT molecular complexity index is 831. The van der Waals surface area contributed by atoms with Crippen molar-refractivity contribution in [3.8, 4) is 0 Å². The minimum Gasteiger partial charge on any atom is -0.350 e. The van der Waals surface area contributed by atoms with E-state index in [-0.39, 0.29) is 23.4 Å². The highest BCUT2D eigenvalue weighted by atomic mass is 16.2. The van der Waals surface area contributed by atoms with Gasteiger partial charge in [0.05, 0.1) is 23.7 Å². The third-order valence-corrected chi connectivity index (χ3v) is 5.65. The number of amides is 1. The fourth-order valence-electron chi connectivity index (χ4n) is 4.22. The van der Waals surface area contributed by atoms with Gasteiger partial charge < -0.3 is 5.32 Å². The second kappa shape index (κ2) is 9.16. The lowest BCUT2D eigenvalue weighted by molar-refractivity contribution is -0.125. The summed E-state index contributed by atoms with van der Waals surface area (Å²) in [5, 5.41) is 9.32. The maximum atomic E-state index is 12.9. The van der Waals surface area contributed by atoms with Crippen LogP contribution in [-0.4, -0.2) is 15.7 Å². The molecular formula is C22H31N3O2. The molecule has 0 radical (unpaired) electrons. The Balaban J connectivity index is 1.88. The highest BCUT2D eigenvalue weighted by Gasteiger charge is 2.22. The molecule has 0 atom stereocenters. The first-order chi connectivity index (χ1) is 13.2. The first-order valence-corrected chi connectivity index (χ1v) is 10.4. The number of rotatable bonds is 8. The zero-order valence-corrected chi connectivity index (χ0v) is 16.5. The molecule has 0 spiro atoms. The van der Waals surface area contributed by atoms with Crippen LogP contribution in [0.5, 0.6) is 0 Å². The van der Waals surface area contributed by atoms with E-state index >= 15 is 0 Å². The average Bonchev–Trinajstić information content (AvgIpc) is 3.22. The molecule has 1 saturated carbocycles. The van der Waals surface area contributed by atoms with Gasteiger partial charge in [0, 0.05) is 11.3 Å². The second-order valence-corrected chi connectivity index (χ2v) is 7.67. The van der Waals surface area contributed by atoms with Crippen molar-refractivity contribution in [2.24, 2.45) is 5.92 Å². The molecule has 27 heavy (non-hydrogen) atoms. The molecule has 1 heterocycles. The summed E-state index contributed by atoms with van der Waals surface area (Å²) in [6, 6.07) is 7.80. The Morgan fingerprint density at radius 2 is 1.78 bits per heavy atom. The van der Waals surface area contributed by atoms with Crippen molar-refractivity contribution in [3.05, 3.63) is 40.3 Å². The predicted octanol–water partition coefficient (Wildman–Crippen LogP) is 4.34. The van der Waals surface area contributed by atoms with Crippen LogP contribution in [0, 0.1) is 5.92 Å². The van der Waals surface area contributed by atoms with E-state index in [2.05, 4.69) is 19.2 Å². The van der Waals surface area contributed by atoms with E-state index in [9.17, 15) is 9.59 Å². The molecule has 1 aromatic carbocycles. The summed E-state index contributed by atoms with van der Waals surface area (Å²) in [6.45, 7) is 4.60. The fourth-order valence-corrected chi connectivity index (χ4v) is 4.22. The summed E-state index contributed by atoms with van der Waals surface area (Å²) in [6.07, 6.45) is 8.14. The first kappa shape index (κ1) is 19.6. The maximum absolute atomic E-state index is 12.9. The van der Waals surface area contributed by atoms with E-state index in [4.69, 9.17) is 5.10 Å². The highest BCUT2D eigenvalue weighted by Crippen LogP contribution is 2.28. The number of aromatic nitrogens is 2. The fraction of sp³-hybridized carbons (Fsp3) is 0.591. The molecule has 0 saturated heterocycles. The Morgan fingerprint density at radius 3 is 2.41 bits per heavy atom. The van der Waals surface area contributed by atoms with Crippen molar-refractivity contribution in [3.63, 3.8) is 0 Å². The van der Waals surface area contributed by atoms with Gasteiger partial charge in [-0.1, -0.05) is 57.7 Å². The molecule has 5 nitrogen and oxygen atoms in total.